The predicted octanol–water partition coefficient (Wildman–Crippen LogP) is 3.14. The largest absolute Gasteiger partial charge is 0.478 e. The molecule has 0 aromatic heterocycles. The summed E-state index contributed by atoms with van der Waals surface area (Å²) in [4.78, 5) is 45.5. The highest BCUT2D eigenvalue weighted by atomic mass is 19.4. The Morgan fingerprint density at radius 3 is 1.52 bits per heavy atom. The molecule has 4 N–H and O–H groups in total. The molecule has 0 unspecified atom stereocenters. The van der Waals surface area contributed by atoms with E-state index < -0.39 is 70.7 Å². The third kappa shape index (κ3) is 5.69. The van der Waals surface area contributed by atoms with Gasteiger partial charge in [0.2, 0.25) is 0 Å². The monoisotopic (exact) mass is 392 g/mol. The lowest BCUT2D eigenvalue weighted by atomic mass is 9.88. The Kier molecular flexibility index (Phi) is 6.92. The Labute approximate surface area is 149 Å². The summed E-state index contributed by atoms with van der Waals surface area (Å²) in [6.07, 6.45) is -6.28. The van der Waals surface area contributed by atoms with Crippen molar-refractivity contribution in [2.24, 2.45) is 0 Å². The Morgan fingerprint density at radius 2 is 1.19 bits per heavy atom. The third-order valence-corrected chi connectivity index (χ3v) is 3.71. The average Bonchev–Trinajstić information content (AvgIpc) is 2.51. The first-order chi connectivity index (χ1) is 12.4. The molecule has 0 heterocycles. The number of halogens is 3. The van der Waals surface area contributed by atoms with Gasteiger partial charge in [0.25, 0.3) is 0 Å². The van der Waals surface area contributed by atoms with Crippen LogP contribution < -0.4 is 0 Å². The van der Waals surface area contributed by atoms with Crippen LogP contribution in [0.4, 0.5) is 13.2 Å². The van der Waals surface area contributed by atoms with Gasteiger partial charge >= 0.3 is 30.1 Å². The van der Waals surface area contributed by atoms with Gasteiger partial charge in [-0.3, -0.25) is 0 Å². The normalized spacial score (nSPS) is 11.2. The molecule has 0 amide bonds. The van der Waals surface area contributed by atoms with Gasteiger partial charge in [0.1, 0.15) is 0 Å². The smallest absolute Gasteiger partial charge is 0.389 e. The highest BCUT2D eigenvalue weighted by Gasteiger charge is 2.31. The maximum atomic E-state index is 12.1. The molecule has 1 aromatic carbocycles. The second-order valence-corrected chi connectivity index (χ2v) is 5.60. The van der Waals surface area contributed by atoms with E-state index in [1.54, 1.807) is 0 Å². The molecule has 0 aliphatic carbocycles. The summed E-state index contributed by atoms with van der Waals surface area (Å²) in [6, 6.07) is 0.449. The quantitative estimate of drug-likeness (QED) is 0.468. The minimum Gasteiger partial charge on any atom is -0.478 e. The number of aromatic carboxylic acids is 4. The second-order valence-electron chi connectivity index (χ2n) is 5.60. The van der Waals surface area contributed by atoms with Gasteiger partial charge in [-0.05, 0) is 30.9 Å². The molecule has 11 heteroatoms. The van der Waals surface area contributed by atoms with Crippen molar-refractivity contribution in [3.63, 3.8) is 0 Å². The van der Waals surface area contributed by atoms with Crippen molar-refractivity contribution in [3.8, 4) is 0 Å². The van der Waals surface area contributed by atoms with Crippen molar-refractivity contribution in [2.45, 2.75) is 38.3 Å². The number of hydrogen-bond donors (Lipinski definition) is 4. The van der Waals surface area contributed by atoms with E-state index in [0.29, 0.717) is 6.07 Å². The van der Waals surface area contributed by atoms with E-state index >= 15 is 0 Å². The molecule has 8 nitrogen and oxygen atoms in total. The summed E-state index contributed by atoms with van der Waals surface area (Å²) < 4.78 is 36.4. The molecule has 0 aliphatic heterocycles. The van der Waals surface area contributed by atoms with Crippen LogP contribution in [0.25, 0.3) is 0 Å². The molecule has 27 heavy (non-hydrogen) atoms. The van der Waals surface area contributed by atoms with E-state index in [0.717, 1.165) is 0 Å². The van der Waals surface area contributed by atoms with Crippen LogP contribution in [0.3, 0.4) is 0 Å². The number of carbonyl (C=O) groups is 4. The number of carboxylic acids is 4. The first-order valence-electron chi connectivity index (χ1n) is 7.56. The van der Waals surface area contributed by atoms with Crippen molar-refractivity contribution >= 4 is 23.9 Å². The van der Waals surface area contributed by atoms with Crippen LogP contribution in [0, 0.1) is 0 Å². The SMILES string of the molecule is O=C(O)c1cc(C(=O)O)c(C(=O)O)c(CCCCCC(F)(F)F)c1C(=O)O. The lowest BCUT2D eigenvalue weighted by Gasteiger charge is -2.15. The molecule has 148 valence electrons. The molecule has 0 bridgehead atoms. The van der Waals surface area contributed by atoms with E-state index in [1.165, 1.54) is 0 Å². The van der Waals surface area contributed by atoms with Crippen molar-refractivity contribution in [3.05, 3.63) is 33.9 Å². The van der Waals surface area contributed by atoms with Gasteiger partial charge < -0.3 is 20.4 Å². The Morgan fingerprint density at radius 1 is 0.741 bits per heavy atom. The number of rotatable bonds is 9. The summed E-state index contributed by atoms with van der Waals surface area (Å²) >= 11 is 0. The van der Waals surface area contributed by atoms with Crippen molar-refractivity contribution in [1.29, 1.82) is 0 Å². The predicted molar refractivity (Wildman–Crippen MR) is 82.5 cm³/mol. The van der Waals surface area contributed by atoms with E-state index in [-0.39, 0.29) is 19.3 Å². The summed E-state index contributed by atoms with van der Waals surface area (Å²) in [7, 11) is 0. The summed E-state index contributed by atoms with van der Waals surface area (Å²) in [5, 5.41) is 36.9. The van der Waals surface area contributed by atoms with Crippen molar-refractivity contribution in [2.75, 3.05) is 0 Å². The molecule has 0 aliphatic rings. The van der Waals surface area contributed by atoms with Crippen LogP contribution in [-0.2, 0) is 6.42 Å². The van der Waals surface area contributed by atoms with Gasteiger partial charge in [0.05, 0.1) is 22.3 Å². The summed E-state index contributed by atoms with van der Waals surface area (Å²) in [5.41, 5.74) is -4.13. The first-order valence-corrected chi connectivity index (χ1v) is 7.56. The number of unbranched alkanes of at least 4 members (excludes halogenated alkanes) is 2. The van der Waals surface area contributed by atoms with E-state index in [4.69, 9.17) is 10.2 Å². The fraction of sp³-hybridized carbons (Fsp3) is 0.375. The molecular weight excluding hydrogens is 377 g/mol. The van der Waals surface area contributed by atoms with Crippen LogP contribution >= 0.6 is 0 Å². The zero-order valence-electron chi connectivity index (χ0n) is 13.7. The number of hydrogen-bond acceptors (Lipinski definition) is 4. The van der Waals surface area contributed by atoms with Crippen LogP contribution in [-0.4, -0.2) is 50.5 Å². The summed E-state index contributed by atoms with van der Waals surface area (Å²) in [5.74, 6) is -7.11. The Hall–Kier alpha value is -3.11. The molecule has 0 radical (unpaired) electrons. The van der Waals surface area contributed by atoms with E-state index in [1.807, 2.05) is 0 Å². The van der Waals surface area contributed by atoms with Crippen LogP contribution in [0.15, 0.2) is 6.07 Å². The molecule has 0 spiro atoms. The van der Waals surface area contributed by atoms with Gasteiger partial charge in [-0.15, -0.1) is 0 Å². The molecule has 0 fully saturated rings. The maximum absolute atomic E-state index is 12.1. The third-order valence-electron chi connectivity index (χ3n) is 3.71. The molecule has 1 aromatic rings. The lowest BCUT2D eigenvalue weighted by molar-refractivity contribution is -0.135. The van der Waals surface area contributed by atoms with Gasteiger partial charge in [0, 0.05) is 6.42 Å². The summed E-state index contributed by atoms with van der Waals surface area (Å²) in [6.45, 7) is 0. The minimum absolute atomic E-state index is 0.0443. The average molecular weight is 392 g/mol. The Bertz CT molecular complexity index is 733. The number of alkyl halides is 3. The lowest BCUT2D eigenvalue weighted by Crippen LogP contribution is -2.20. The number of carboxylic acid groups (broad SMARTS) is 4. The molecule has 0 saturated carbocycles. The van der Waals surface area contributed by atoms with E-state index in [9.17, 15) is 42.6 Å². The maximum Gasteiger partial charge on any atom is 0.389 e. The van der Waals surface area contributed by atoms with Crippen LogP contribution in [0.1, 0.15) is 72.7 Å². The van der Waals surface area contributed by atoms with Gasteiger partial charge in [-0.25, -0.2) is 19.2 Å². The Balaban J connectivity index is 3.39. The first kappa shape index (κ1) is 21.9. The van der Waals surface area contributed by atoms with Gasteiger partial charge in [-0.1, -0.05) is 6.42 Å². The molecule has 0 atom stereocenters. The second kappa shape index (κ2) is 8.52. The zero-order chi connectivity index (χ0) is 20.9. The van der Waals surface area contributed by atoms with Crippen molar-refractivity contribution in [1.82, 2.24) is 0 Å². The number of benzene rings is 1. The highest BCUT2D eigenvalue weighted by Crippen LogP contribution is 2.28. The minimum atomic E-state index is -4.38. The fourth-order valence-electron chi connectivity index (χ4n) is 2.62. The fourth-order valence-corrected chi connectivity index (χ4v) is 2.62. The van der Waals surface area contributed by atoms with Gasteiger partial charge in [-0.2, -0.15) is 13.2 Å². The van der Waals surface area contributed by atoms with E-state index in [2.05, 4.69) is 0 Å². The van der Waals surface area contributed by atoms with Crippen molar-refractivity contribution < 1.29 is 52.8 Å². The molecule has 1 rings (SSSR count). The van der Waals surface area contributed by atoms with Crippen LogP contribution in [0.5, 0.6) is 0 Å². The zero-order valence-corrected chi connectivity index (χ0v) is 13.7. The standard InChI is InChI=1S/C16H15F3O8/c17-16(18,19)5-3-1-2-4-7-10(14(24)25)8(12(20)21)6-9(13(22)23)11(7)15(26)27/h6H,1-5H2,(H,20,21)(H,22,23)(H,24,25)(H,26,27). The molecular formula is C16H15F3O8. The van der Waals surface area contributed by atoms with Crippen LogP contribution in [0.2, 0.25) is 0 Å². The molecule has 0 saturated heterocycles. The van der Waals surface area contributed by atoms with Gasteiger partial charge in [0.15, 0.2) is 0 Å². The highest BCUT2D eigenvalue weighted by molar-refractivity contribution is 6.10. The topological polar surface area (TPSA) is 149 Å².